The summed E-state index contributed by atoms with van der Waals surface area (Å²) in [5.41, 5.74) is -1.39. The molecular weight excluding hydrogens is 292 g/mol. The predicted octanol–water partition coefficient (Wildman–Crippen LogP) is 0.653. The molecule has 0 radical (unpaired) electrons. The minimum Gasteiger partial charge on any atom is -0.545 e. The van der Waals surface area contributed by atoms with Gasteiger partial charge in [-0.1, -0.05) is 13.8 Å². The molecule has 1 aromatic rings. The summed E-state index contributed by atoms with van der Waals surface area (Å²) < 4.78 is 52.7. The van der Waals surface area contributed by atoms with E-state index in [-0.39, 0.29) is 12.5 Å². The molecule has 0 heterocycles. The quantitative estimate of drug-likeness (QED) is 0.836. The minimum atomic E-state index is -4.24. The summed E-state index contributed by atoms with van der Waals surface area (Å²) in [6.07, 6.45) is 0.523. The minimum absolute atomic E-state index is 0.0669. The highest BCUT2D eigenvalue weighted by molar-refractivity contribution is 7.89. The first-order chi connectivity index (χ1) is 9.16. The maximum Gasteiger partial charge on any atom is 0.243 e. The maximum absolute atomic E-state index is 13.8. The van der Waals surface area contributed by atoms with Gasteiger partial charge in [0.1, 0.15) is 10.7 Å². The summed E-state index contributed by atoms with van der Waals surface area (Å²) in [6, 6.07) is 1.25. The second kappa shape index (κ2) is 6.27. The Morgan fingerprint density at radius 3 is 2.45 bits per heavy atom. The predicted molar refractivity (Wildman–Crippen MR) is 65.3 cm³/mol. The van der Waals surface area contributed by atoms with Gasteiger partial charge >= 0.3 is 0 Å². The molecule has 0 aliphatic rings. The summed E-state index contributed by atoms with van der Waals surface area (Å²) in [7, 11) is -4.24. The number of carbonyl (C=O) groups is 1. The van der Waals surface area contributed by atoms with E-state index in [1.165, 1.54) is 0 Å². The molecule has 112 valence electrons. The van der Waals surface area contributed by atoms with Gasteiger partial charge in [-0.2, -0.15) is 0 Å². The number of rotatable bonds is 6. The van der Waals surface area contributed by atoms with Crippen molar-refractivity contribution >= 4 is 16.0 Å². The van der Waals surface area contributed by atoms with Gasteiger partial charge < -0.3 is 9.90 Å². The van der Waals surface area contributed by atoms with Crippen LogP contribution in [0.2, 0.25) is 0 Å². The van der Waals surface area contributed by atoms with Gasteiger partial charge in [-0.05, 0) is 24.5 Å². The number of hydrogen-bond donors (Lipinski definition) is 1. The van der Waals surface area contributed by atoms with Gasteiger partial charge in [0, 0.05) is 6.54 Å². The Labute approximate surface area is 115 Å². The van der Waals surface area contributed by atoms with Crippen LogP contribution in [0.25, 0.3) is 0 Å². The molecule has 0 unspecified atom stereocenters. The molecule has 8 heteroatoms. The second-order valence-electron chi connectivity index (χ2n) is 4.60. The molecule has 1 aromatic carbocycles. The van der Waals surface area contributed by atoms with E-state index in [0.717, 1.165) is 0 Å². The van der Waals surface area contributed by atoms with Crippen molar-refractivity contribution in [3.8, 4) is 0 Å². The van der Waals surface area contributed by atoms with Gasteiger partial charge in [-0.25, -0.2) is 21.9 Å². The Bertz CT molecular complexity index is 614. The number of nitrogens with one attached hydrogen (secondary N) is 1. The van der Waals surface area contributed by atoms with Gasteiger partial charge in [0.05, 0.1) is 11.5 Å². The lowest BCUT2D eigenvalue weighted by Gasteiger charge is -2.12. The average Bonchev–Trinajstić information content (AvgIpc) is 2.26. The molecule has 0 saturated heterocycles. The molecule has 0 spiro atoms. The Balaban J connectivity index is 3.13. The zero-order chi connectivity index (χ0) is 15.5. The number of carbonyl (C=O) groups excluding carboxylic acids is 1. The first-order valence-corrected chi connectivity index (χ1v) is 7.34. The van der Waals surface area contributed by atoms with E-state index in [0.29, 0.717) is 18.6 Å². The van der Waals surface area contributed by atoms with Gasteiger partial charge in [-0.3, -0.25) is 0 Å². The Morgan fingerprint density at radius 1 is 1.35 bits per heavy atom. The van der Waals surface area contributed by atoms with Crippen LogP contribution in [-0.4, -0.2) is 20.9 Å². The fourth-order valence-corrected chi connectivity index (χ4v) is 2.62. The van der Waals surface area contributed by atoms with E-state index < -0.39 is 38.1 Å². The molecule has 0 aliphatic carbocycles. The standard InChI is InChI=1S/C12H15F2NO4S/c1-7(2)5-6-15-20(18,19)9-4-3-8(13)10(11(9)14)12(16)17/h3-4,7,15H,5-6H2,1-2H3,(H,16,17)/p-1. The molecule has 5 nitrogen and oxygen atoms in total. The van der Waals surface area contributed by atoms with Crippen LogP contribution in [-0.2, 0) is 10.0 Å². The van der Waals surface area contributed by atoms with Crippen molar-refractivity contribution in [2.45, 2.75) is 25.2 Å². The van der Waals surface area contributed by atoms with Gasteiger partial charge in [-0.15, -0.1) is 0 Å². The highest BCUT2D eigenvalue weighted by Crippen LogP contribution is 2.20. The summed E-state index contributed by atoms with van der Waals surface area (Å²) >= 11 is 0. The largest absolute Gasteiger partial charge is 0.545 e. The van der Waals surface area contributed by atoms with Crippen LogP contribution < -0.4 is 9.83 Å². The zero-order valence-electron chi connectivity index (χ0n) is 10.9. The molecule has 20 heavy (non-hydrogen) atoms. The fraction of sp³-hybridized carbons (Fsp3) is 0.417. The molecule has 0 aliphatic heterocycles. The first-order valence-electron chi connectivity index (χ1n) is 5.85. The molecule has 0 atom stereocenters. The van der Waals surface area contributed by atoms with Gasteiger partial charge in [0.2, 0.25) is 10.0 Å². The van der Waals surface area contributed by atoms with Crippen molar-refractivity contribution < 1.29 is 27.1 Å². The molecule has 1 N–H and O–H groups in total. The lowest BCUT2D eigenvalue weighted by Crippen LogP contribution is -2.29. The maximum atomic E-state index is 13.8. The number of carboxylic acid groups (broad SMARTS) is 1. The Morgan fingerprint density at radius 2 is 1.95 bits per heavy atom. The molecular formula is C12H14F2NO4S-. The normalized spacial score (nSPS) is 11.8. The van der Waals surface area contributed by atoms with E-state index in [1.54, 1.807) is 0 Å². The molecule has 0 amide bonds. The highest BCUT2D eigenvalue weighted by Gasteiger charge is 2.23. The molecule has 0 bridgehead atoms. The third-order valence-corrected chi connectivity index (χ3v) is 4.04. The van der Waals surface area contributed by atoms with E-state index >= 15 is 0 Å². The van der Waals surface area contributed by atoms with E-state index in [9.17, 15) is 27.1 Å². The summed E-state index contributed by atoms with van der Waals surface area (Å²) in [5.74, 6) is -4.93. The Kier molecular flexibility index (Phi) is 5.18. The molecule has 0 aromatic heterocycles. The van der Waals surface area contributed by atoms with E-state index in [1.807, 2.05) is 13.8 Å². The lowest BCUT2D eigenvalue weighted by atomic mass is 10.1. The SMILES string of the molecule is CC(C)CCNS(=O)(=O)c1ccc(F)c(C(=O)[O-])c1F. The summed E-state index contributed by atoms with van der Waals surface area (Å²) in [6.45, 7) is 3.82. The van der Waals surface area contributed by atoms with Crippen LogP contribution in [0.1, 0.15) is 30.6 Å². The van der Waals surface area contributed by atoms with Crippen LogP contribution in [0.15, 0.2) is 17.0 Å². The van der Waals surface area contributed by atoms with Crippen LogP contribution in [0.4, 0.5) is 8.78 Å². The highest BCUT2D eigenvalue weighted by atomic mass is 32.2. The van der Waals surface area contributed by atoms with E-state index in [2.05, 4.69) is 4.72 Å². The topological polar surface area (TPSA) is 86.3 Å². The molecule has 0 fully saturated rings. The third-order valence-electron chi connectivity index (χ3n) is 2.56. The number of carboxylic acids is 1. The monoisotopic (exact) mass is 306 g/mol. The van der Waals surface area contributed by atoms with Crippen molar-refractivity contribution in [3.05, 3.63) is 29.3 Å². The van der Waals surface area contributed by atoms with Crippen LogP contribution in [0.5, 0.6) is 0 Å². The number of halogens is 2. The fourth-order valence-electron chi connectivity index (χ4n) is 1.49. The van der Waals surface area contributed by atoms with Crippen LogP contribution >= 0.6 is 0 Å². The third kappa shape index (κ3) is 3.73. The van der Waals surface area contributed by atoms with Gasteiger partial charge in [0.25, 0.3) is 0 Å². The summed E-state index contributed by atoms with van der Waals surface area (Å²) in [4.78, 5) is 9.70. The first kappa shape index (κ1) is 16.5. The van der Waals surface area contributed by atoms with Crippen molar-refractivity contribution in [1.82, 2.24) is 4.72 Å². The number of aromatic carboxylic acids is 1. The Hall–Kier alpha value is -1.54. The van der Waals surface area contributed by atoms with Crippen LogP contribution in [0.3, 0.4) is 0 Å². The van der Waals surface area contributed by atoms with Crippen molar-refractivity contribution in [3.63, 3.8) is 0 Å². The molecule has 1 rings (SSSR count). The summed E-state index contributed by atoms with van der Waals surface area (Å²) in [5, 5.41) is 10.6. The van der Waals surface area contributed by atoms with Crippen molar-refractivity contribution in [2.75, 3.05) is 6.54 Å². The number of hydrogen-bond acceptors (Lipinski definition) is 4. The van der Waals surface area contributed by atoms with Gasteiger partial charge in [0.15, 0.2) is 5.82 Å². The number of sulfonamides is 1. The van der Waals surface area contributed by atoms with Crippen molar-refractivity contribution in [2.24, 2.45) is 5.92 Å². The van der Waals surface area contributed by atoms with Crippen LogP contribution in [0, 0.1) is 17.6 Å². The van der Waals surface area contributed by atoms with E-state index in [4.69, 9.17) is 0 Å². The number of benzene rings is 1. The average molecular weight is 306 g/mol. The second-order valence-corrected chi connectivity index (χ2v) is 6.34. The zero-order valence-corrected chi connectivity index (χ0v) is 11.8. The molecule has 0 saturated carbocycles. The van der Waals surface area contributed by atoms with Crippen molar-refractivity contribution in [1.29, 1.82) is 0 Å². The smallest absolute Gasteiger partial charge is 0.243 e. The lowest BCUT2D eigenvalue weighted by molar-refractivity contribution is -0.255.